The summed E-state index contributed by atoms with van der Waals surface area (Å²) in [4.78, 5) is 17.0. The average Bonchev–Trinajstić information content (AvgIpc) is 3.57. The molecule has 3 aromatic rings. The van der Waals surface area contributed by atoms with Crippen LogP contribution < -0.4 is 4.74 Å². The summed E-state index contributed by atoms with van der Waals surface area (Å²) in [6, 6.07) is 10.0. The minimum Gasteiger partial charge on any atom is -0.456 e. The first-order chi connectivity index (χ1) is 17.5. The van der Waals surface area contributed by atoms with Crippen molar-refractivity contribution >= 4 is 22.8 Å². The van der Waals surface area contributed by atoms with E-state index in [-0.39, 0.29) is 24.9 Å². The van der Waals surface area contributed by atoms with Gasteiger partial charge in [-0.05, 0) is 25.2 Å². The quantitative estimate of drug-likeness (QED) is 0.514. The van der Waals surface area contributed by atoms with Crippen LogP contribution in [0.3, 0.4) is 0 Å². The van der Waals surface area contributed by atoms with E-state index < -0.39 is 6.10 Å². The molecule has 2 N–H and O–H groups in total. The Bertz CT molecular complexity index is 1300. The molecule has 4 atom stereocenters. The van der Waals surface area contributed by atoms with Crippen molar-refractivity contribution in [2.24, 2.45) is 0 Å². The lowest BCUT2D eigenvalue weighted by Gasteiger charge is -2.30. The van der Waals surface area contributed by atoms with Gasteiger partial charge in [0.05, 0.1) is 36.0 Å². The Hall–Kier alpha value is -2.71. The summed E-state index contributed by atoms with van der Waals surface area (Å²) in [5.74, 6) is 6.54. The van der Waals surface area contributed by atoms with Gasteiger partial charge in [0.1, 0.15) is 18.3 Å². The molecule has 6 rings (SSSR count). The first kappa shape index (κ1) is 23.7. The lowest BCUT2D eigenvalue weighted by Crippen LogP contribution is -2.44. The second-order valence-corrected chi connectivity index (χ2v) is 9.92. The summed E-state index contributed by atoms with van der Waals surface area (Å²) in [7, 11) is 2.15. The molecule has 0 amide bonds. The van der Waals surface area contributed by atoms with Gasteiger partial charge in [-0.3, -0.25) is 4.90 Å². The van der Waals surface area contributed by atoms with Crippen molar-refractivity contribution < 1.29 is 19.3 Å². The van der Waals surface area contributed by atoms with Crippen LogP contribution in [0.25, 0.3) is 22.4 Å². The third-order valence-electron chi connectivity index (χ3n) is 6.94. The zero-order chi connectivity index (χ0) is 24.6. The zero-order valence-electron chi connectivity index (χ0n) is 20.0. The second kappa shape index (κ2) is 9.98. The molecule has 3 saturated heterocycles. The van der Waals surface area contributed by atoms with Gasteiger partial charge in [0, 0.05) is 37.3 Å². The monoisotopic (exact) mass is 509 g/mol. The van der Waals surface area contributed by atoms with Gasteiger partial charge in [0.25, 0.3) is 6.01 Å². The molecule has 36 heavy (non-hydrogen) atoms. The average molecular weight is 510 g/mol. The lowest BCUT2D eigenvalue weighted by molar-refractivity contribution is 0.00706. The fourth-order valence-electron chi connectivity index (χ4n) is 4.81. The van der Waals surface area contributed by atoms with Gasteiger partial charge in [-0.25, -0.2) is 4.98 Å². The van der Waals surface area contributed by atoms with Gasteiger partial charge in [0.15, 0.2) is 11.8 Å². The number of nitrogens with one attached hydrogen (secondary N) is 1. The molecule has 5 heterocycles. The van der Waals surface area contributed by atoms with Gasteiger partial charge in [-0.2, -0.15) is 4.98 Å². The Balaban J connectivity index is 1.14. The number of H-pyrrole nitrogens is 1. The number of piperazine rings is 1. The number of rotatable bonds is 4. The highest BCUT2D eigenvalue weighted by Crippen LogP contribution is 2.32. The number of nitrogens with zero attached hydrogens (tertiary/aromatic N) is 4. The number of hydrogen-bond acceptors (Lipinski definition) is 8. The van der Waals surface area contributed by atoms with Crippen LogP contribution in [0, 0.1) is 11.8 Å². The van der Waals surface area contributed by atoms with E-state index in [0.717, 1.165) is 43.9 Å². The normalized spacial score (nSPS) is 26.6. The van der Waals surface area contributed by atoms with Gasteiger partial charge in [-0.15, -0.1) is 0 Å². The predicted molar refractivity (Wildman–Crippen MR) is 135 cm³/mol. The molecule has 0 spiro atoms. The fourth-order valence-corrected chi connectivity index (χ4v) is 5.07. The van der Waals surface area contributed by atoms with Gasteiger partial charge in [0.2, 0.25) is 0 Å². The smallest absolute Gasteiger partial charge is 0.296 e. The van der Waals surface area contributed by atoms with Gasteiger partial charge >= 0.3 is 0 Å². The molecule has 3 aliphatic heterocycles. The molecule has 0 bridgehead atoms. The van der Waals surface area contributed by atoms with Gasteiger partial charge < -0.3 is 29.2 Å². The minimum atomic E-state index is -0.628. The molecule has 0 radical (unpaired) electrons. The molecule has 3 aliphatic rings. The van der Waals surface area contributed by atoms with Crippen LogP contribution in [0.15, 0.2) is 30.3 Å². The third kappa shape index (κ3) is 4.81. The number of ether oxygens (including phenoxy) is 3. The molecular weight excluding hydrogens is 482 g/mol. The molecule has 188 valence electrons. The minimum absolute atomic E-state index is 0.247. The second-order valence-electron chi connectivity index (χ2n) is 9.51. The molecule has 10 heteroatoms. The largest absolute Gasteiger partial charge is 0.456 e. The van der Waals surface area contributed by atoms with Gasteiger partial charge in [-0.1, -0.05) is 35.6 Å². The topological polar surface area (TPSA) is 96.0 Å². The molecule has 3 fully saturated rings. The maximum absolute atomic E-state index is 9.92. The molecule has 0 unspecified atom stereocenters. The van der Waals surface area contributed by atoms with E-state index in [2.05, 4.69) is 43.6 Å². The van der Waals surface area contributed by atoms with E-state index in [1.165, 1.54) is 0 Å². The maximum atomic E-state index is 9.92. The number of benzene rings is 1. The Kier molecular flexibility index (Phi) is 6.56. The molecule has 0 aliphatic carbocycles. The van der Waals surface area contributed by atoms with Crippen molar-refractivity contribution in [1.29, 1.82) is 0 Å². The molecular formula is C26H28ClN5O4. The van der Waals surface area contributed by atoms with E-state index in [4.69, 9.17) is 25.8 Å². The Labute approximate surface area is 214 Å². The standard InChI is InChI=1S/C26H28ClN5O4/c1-31-9-11-32(12-10-31)8-2-3-16-4-6-17(7-5-16)22-18(27)13-19-25(29-22)30-26(28-19)36-21-15-35-23-20(33)14-34-24(21)23/h4-7,13,20-21,23-24,33H,8-12,14-15H2,1H3,(H,28,29,30)/t20-,21-,23-,24-/m1/s1. The Morgan fingerprint density at radius 1 is 1.11 bits per heavy atom. The number of aliphatic hydroxyl groups excluding tert-OH is 1. The van der Waals surface area contributed by atoms with Crippen LogP contribution in [-0.2, 0) is 9.47 Å². The van der Waals surface area contributed by atoms with Crippen LogP contribution in [0.5, 0.6) is 6.01 Å². The van der Waals surface area contributed by atoms with Crippen LogP contribution >= 0.6 is 11.6 Å². The van der Waals surface area contributed by atoms with E-state index in [1.54, 1.807) is 6.07 Å². The third-order valence-corrected chi connectivity index (χ3v) is 7.23. The highest BCUT2D eigenvalue weighted by Gasteiger charge is 2.48. The number of imidazole rings is 1. The first-order valence-corrected chi connectivity index (χ1v) is 12.6. The Morgan fingerprint density at radius 3 is 2.69 bits per heavy atom. The zero-order valence-corrected chi connectivity index (χ0v) is 20.7. The van der Waals surface area contributed by atoms with Crippen molar-refractivity contribution in [2.75, 3.05) is 53.0 Å². The summed E-state index contributed by atoms with van der Waals surface area (Å²) < 4.78 is 17.2. The summed E-state index contributed by atoms with van der Waals surface area (Å²) in [6.45, 7) is 5.65. The highest BCUT2D eigenvalue weighted by molar-refractivity contribution is 6.33. The van der Waals surface area contributed by atoms with Crippen LogP contribution in [0.2, 0.25) is 5.02 Å². The van der Waals surface area contributed by atoms with E-state index >= 15 is 0 Å². The summed E-state index contributed by atoms with van der Waals surface area (Å²) >= 11 is 6.57. The van der Waals surface area contributed by atoms with E-state index in [0.29, 0.717) is 34.5 Å². The van der Waals surface area contributed by atoms with Crippen molar-refractivity contribution in [3.05, 3.63) is 40.9 Å². The molecule has 0 saturated carbocycles. The van der Waals surface area contributed by atoms with E-state index in [9.17, 15) is 5.11 Å². The van der Waals surface area contributed by atoms with Crippen molar-refractivity contribution in [2.45, 2.75) is 24.4 Å². The number of aromatic amines is 1. The number of hydrogen-bond donors (Lipinski definition) is 2. The number of halogens is 1. The molecule has 2 aromatic heterocycles. The number of aliphatic hydroxyl groups is 1. The number of pyridine rings is 1. The van der Waals surface area contributed by atoms with Crippen molar-refractivity contribution in [1.82, 2.24) is 24.8 Å². The fraction of sp³-hybridized carbons (Fsp3) is 0.462. The first-order valence-electron chi connectivity index (χ1n) is 12.2. The van der Waals surface area contributed by atoms with Crippen LogP contribution in [-0.4, -0.2) is 107 Å². The van der Waals surface area contributed by atoms with E-state index in [1.807, 2.05) is 24.3 Å². The lowest BCUT2D eigenvalue weighted by atomic mass is 10.1. The SMILES string of the molecule is CN1CCN(CC#Cc2ccc(-c3nc4nc(O[C@@H]5CO[C@H]6[C@@H]5OC[C@H]6O)[nH]c4cc3Cl)cc2)CC1. The van der Waals surface area contributed by atoms with Crippen molar-refractivity contribution in [3.8, 4) is 29.1 Å². The highest BCUT2D eigenvalue weighted by atomic mass is 35.5. The summed E-state index contributed by atoms with van der Waals surface area (Å²) in [5.41, 5.74) is 3.66. The number of likely N-dealkylation sites (N-methyl/N-ethyl adjacent to an activating group) is 1. The summed E-state index contributed by atoms with van der Waals surface area (Å²) in [5, 5.41) is 10.4. The summed E-state index contributed by atoms with van der Waals surface area (Å²) in [6.07, 6.45) is -1.66. The van der Waals surface area contributed by atoms with Crippen LogP contribution in [0.1, 0.15) is 5.56 Å². The van der Waals surface area contributed by atoms with Crippen molar-refractivity contribution in [3.63, 3.8) is 0 Å². The predicted octanol–water partition coefficient (Wildman–Crippen LogP) is 1.78. The Morgan fingerprint density at radius 2 is 1.89 bits per heavy atom. The van der Waals surface area contributed by atoms with Crippen LogP contribution in [0.4, 0.5) is 0 Å². The molecule has 1 aromatic carbocycles. The number of aromatic nitrogens is 3. The number of fused-ring (bicyclic) bond motifs is 2. The maximum Gasteiger partial charge on any atom is 0.296 e. The molecule has 9 nitrogen and oxygen atoms in total.